The summed E-state index contributed by atoms with van der Waals surface area (Å²) < 4.78 is 11.5. The lowest BCUT2D eigenvalue weighted by atomic mass is 10.1. The highest BCUT2D eigenvalue weighted by Gasteiger charge is 2.18. The molecule has 0 spiro atoms. The number of hydrogen-bond donors (Lipinski definition) is 1. The minimum Gasteiger partial charge on any atom is -0.490 e. The molecule has 0 aliphatic carbocycles. The van der Waals surface area contributed by atoms with Crippen molar-refractivity contribution in [2.75, 3.05) is 13.2 Å². The summed E-state index contributed by atoms with van der Waals surface area (Å²) in [6, 6.07) is 5.84. The Morgan fingerprint density at radius 2 is 2.00 bits per heavy atom. The van der Waals surface area contributed by atoms with Crippen LogP contribution in [0.1, 0.15) is 39.2 Å². The first kappa shape index (κ1) is 15.6. The smallest absolute Gasteiger partial charge is 0.124 e. The Morgan fingerprint density at radius 1 is 1.30 bits per heavy atom. The molecule has 0 radical (unpaired) electrons. The molecule has 0 unspecified atom stereocenters. The summed E-state index contributed by atoms with van der Waals surface area (Å²) in [5.74, 6) is 0.929. The van der Waals surface area contributed by atoms with Gasteiger partial charge in [0.15, 0.2) is 0 Å². The van der Waals surface area contributed by atoms with Gasteiger partial charge >= 0.3 is 0 Å². The van der Waals surface area contributed by atoms with E-state index >= 15 is 0 Å². The summed E-state index contributed by atoms with van der Waals surface area (Å²) in [6.45, 7) is 8.77. The molecular weight excluding hydrogens is 274 g/mol. The topological polar surface area (TPSA) is 30.5 Å². The minimum absolute atomic E-state index is 0.0677. The molecule has 0 aromatic heterocycles. The molecule has 1 N–H and O–H groups in total. The van der Waals surface area contributed by atoms with Crippen molar-refractivity contribution >= 4 is 11.6 Å². The number of benzene rings is 1. The molecule has 20 heavy (non-hydrogen) atoms. The van der Waals surface area contributed by atoms with Gasteiger partial charge in [0, 0.05) is 35.5 Å². The summed E-state index contributed by atoms with van der Waals surface area (Å²) in [6.07, 6.45) is 2.15. The van der Waals surface area contributed by atoms with Crippen LogP contribution in [-0.4, -0.2) is 24.9 Å². The third kappa shape index (κ3) is 4.97. The predicted octanol–water partition coefficient (Wildman–Crippen LogP) is 3.79. The van der Waals surface area contributed by atoms with Gasteiger partial charge < -0.3 is 14.8 Å². The second kappa shape index (κ2) is 6.79. The van der Waals surface area contributed by atoms with Gasteiger partial charge in [-0.3, -0.25) is 0 Å². The van der Waals surface area contributed by atoms with Crippen molar-refractivity contribution in [2.45, 2.75) is 51.8 Å². The van der Waals surface area contributed by atoms with E-state index in [0.717, 1.165) is 48.9 Å². The van der Waals surface area contributed by atoms with Crippen LogP contribution in [0.25, 0.3) is 0 Å². The number of halogens is 1. The second-order valence-corrected chi connectivity index (χ2v) is 6.72. The van der Waals surface area contributed by atoms with E-state index in [1.807, 2.05) is 18.2 Å². The maximum Gasteiger partial charge on any atom is 0.124 e. The van der Waals surface area contributed by atoms with Gasteiger partial charge in [-0.15, -0.1) is 0 Å². The molecule has 0 bridgehead atoms. The molecule has 1 aromatic rings. The zero-order chi connectivity index (χ0) is 14.6. The summed E-state index contributed by atoms with van der Waals surface area (Å²) in [5, 5.41) is 4.23. The molecule has 1 heterocycles. The van der Waals surface area contributed by atoms with Gasteiger partial charge in [0.1, 0.15) is 11.9 Å². The van der Waals surface area contributed by atoms with Crippen LogP contribution in [0.4, 0.5) is 0 Å². The molecule has 1 fully saturated rings. The van der Waals surface area contributed by atoms with Gasteiger partial charge in [-0.05, 0) is 39.0 Å². The van der Waals surface area contributed by atoms with Crippen LogP contribution in [0, 0.1) is 0 Å². The fourth-order valence-electron chi connectivity index (χ4n) is 2.13. The molecule has 4 heteroatoms. The van der Waals surface area contributed by atoms with Gasteiger partial charge in [-0.25, -0.2) is 0 Å². The summed E-state index contributed by atoms with van der Waals surface area (Å²) >= 11 is 6.11. The zero-order valence-electron chi connectivity index (χ0n) is 12.5. The van der Waals surface area contributed by atoms with Crippen molar-refractivity contribution in [3.05, 3.63) is 28.8 Å². The van der Waals surface area contributed by atoms with E-state index in [-0.39, 0.29) is 11.6 Å². The maximum absolute atomic E-state index is 6.13. The first-order chi connectivity index (χ1) is 9.44. The fraction of sp³-hybridized carbons (Fsp3) is 0.625. The fourth-order valence-corrected chi connectivity index (χ4v) is 2.33. The van der Waals surface area contributed by atoms with Crippen LogP contribution >= 0.6 is 11.6 Å². The quantitative estimate of drug-likeness (QED) is 0.917. The zero-order valence-corrected chi connectivity index (χ0v) is 13.3. The van der Waals surface area contributed by atoms with Crippen LogP contribution in [0.5, 0.6) is 5.75 Å². The first-order valence-electron chi connectivity index (χ1n) is 7.22. The molecule has 3 nitrogen and oxygen atoms in total. The van der Waals surface area contributed by atoms with E-state index in [1.54, 1.807) is 0 Å². The molecule has 0 atom stereocenters. The highest BCUT2D eigenvalue weighted by molar-refractivity contribution is 6.30. The Kier molecular flexibility index (Phi) is 5.30. The van der Waals surface area contributed by atoms with Crippen molar-refractivity contribution < 1.29 is 9.47 Å². The van der Waals surface area contributed by atoms with E-state index in [4.69, 9.17) is 21.1 Å². The molecule has 1 aromatic carbocycles. The molecule has 2 rings (SSSR count). The Bertz CT molecular complexity index is 437. The van der Waals surface area contributed by atoms with E-state index in [1.165, 1.54) is 0 Å². The molecule has 112 valence electrons. The summed E-state index contributed by atoms with van der Waals surface area (Å²) in [5.41, 5.74) is 1.18. The minimum atomic E-state index is 0.0677. The Balaban J connectivity index is 2.06. The van der Waals surface area contributed by atoms with Crippen LogP contribution < -0.4 is 10.1 Å². The van der Waals surface area contributed by atoms with E-state index in [2.05, 4.69) is 26.1 Å². The molecule has 1 aliphatic rings. The van der Waals surface area contributed by atoms with E-state index in [0.29, 0.717) is 0 Å². The average molecular weight is 298 g/mol. The van der Waals surface area contributed by atoms with Crippen LogP contribution in [0.3, 0.4) is 0 Å². The summed E-state index contributed by atoms with van der Waals surface area (Å²) in [7, 11) is 0. The van der Waals surface area contributed by atoms with Crippen molar-refractivity contribution in [3.8, 4) is 5.75 Å². The normalized spacial score (nSPS) is 17.2. The third-order valence-corrected chi connectivity index (χ3v) is 3.53. The SMILES string of the molecule is CC(C)(C)NCc1cc(Cl)ccc1OC1CCOCC1. The predicted molar refractivity (Wildman–Crippen MR) is 82.5 cm³/mol. The van der Waals surface area contributed by atoms with Crippen molar-refractivity contribution in [1.29, 1.82) is 0 Å². The lowest BCUT2D eigenvalue weighted by Gasteiger charge is -2.26. The van der Waals surface area contributed by atoms with Crippen LogP contribution in [0.15, 0.2) is 18.2 Å². The lowest BCUT2D eigenvalue weighted by molar-refractivity contribution is 0.0251. The van der Waals surface area contributed by atoms with Crippen molar-refractivity contribution in [2.24, 2.45) is 0 Å². The number of nitrogens with one attached hydrogen (secondary N) is 1. The summed E-state index contributed by atoms with van der Waals surface area (Å²) in [4.78, 5) is 0. The highest BCUT2D eigenvalue weighted by atomic mass is 35.5. The van der Waals surface area contributed by atoms with Gasteiger partial charge in [-0.1, -0.05) is 11.6 Å². The number of ether oxygens (including phenoxy) is 2. The molecular formula is C16H24ClNO2. The van der Waals surface area contributed by atoms with Crippen LogP contribution in [-0.2, 0) is 11.3 Å². The van der Waals surface area contributed by atoms with Crippen LogP contribution in [0.2, 0.25) is 5.02 Å². The van der Waals surface area contributed by atoms with E-state index < -0.39 is 0 Å². The van der Waals surface area contributed by atoms with Gasteiger partial charge in [-0.2, -0.15) is 0 Å². The monoisotopic (exact) mass is 297 g/mol. The molecule has 0 amide bonds. The van der Waals surface area contributed by atoms with Gasteiger partial charge in [0.25, 0.3) is 0 Å². The average Bonchev–Trinajstić information content (AvgIpc) is 2.39. The standard InChI is InChI=1S/C16H24ClNO2/c1-16(2,3)18-11-12-10-13(17)4-5-15(12)20-14-6-8-19-9-7-14/h4-5,10,14,18H,6-9,11H2,1-3H3. The third-order valence-electron chi connectivity index (χ3n) is 3.29. The maximum atomic E-state index is 6.13. The highest BCUT2D eigenvalue weighted by Crippen LogP contribution is 2.26. The van der Waals surface area contributed by atoms with Gasteiger partial charge in [0.2, 0.25) is 0 Å². The molecule has 0 saturated carbocycles. The number of hydrogen-bond acceptors (Lipinski definition) is 3. The number of rotatable bonds is 4. The lowest BCUT2D eigenvalue weighted by Crippen LogP contribution is -2.35. The largest absolute Gasteiger partial charge is 0.490 e. The second-order valence-electron chi connectivity index (χ2n) is 6.29. The Morgan fingerprint density at radius 3 is 2.65 bits per heavy atom. The first-order valence-corrected chi connectivity index (χ1v) is 7.60. The van der Waals surface area contributed by atoms with Crippen molar-refractivity contribution in [3.63, 3.8) is 0 Å². The van der Waals surface area contributed by atoms with Crippen molar-refractivity contribution in [1.82, 2.24) is 5.32 Å². The molecule has 1 aliphatic heterocycles. The van der Waals surface area contributed by atoms with Gasteiger partial charge in [0.05, 0.1) is 13.2 Å². The molecule has 1 saturated heterocycles. The Labute approximate surface area is 126 Å². The van der Waals surface area contributed by atoms with E-state index in [9.17, 15) is 0 Å². The Hall–Kier alpha value is -0.770.